The van der Waals surface area contributed by atoms with Gasteiger partial charge in [-0.05, 0) is 23.0 Å². The number of aldehydes is 1. The molecule has 0 saturated heterocycles. The predicted octanol–water partition coefficient (Wildman–Crippen LogP) is 5.81. The highest BCUT2D eigenvalue weighted by Gasteiger charge is 1.94. The standard InChI is InChI=1S/2C9H12.C3H4O3/c2*1-8(2)9-6-4-3-5-7-9;4-2-1-3-6-5/h2*3-8H,1-2H3;1-3,5H. The van der Waals surface area contributed by atoms with Crippen LogP contribution < -0.4 is 0 Å². The van der Waals surface area contributed by atoms with Gasteiger partial charge in [0, 0.05) is 6.08 Å². The number of rotatable bonds is 4. The molecule has 0 aliphatic heterocycles. The minimum atomic E-state index is 0.496. The molecule has 0 bridgehead atoms. The molecule has 24 heavy (non-hydrogen) atoms. The summed E-state index contributed by atoms with van der Waals surface area (Å²) in [5.41, 5.74) is 2.83. The van der Waals surface area contributed by atoms with Gasteiger partial charge in [-0.2, -0.15) is 0 Å². The maximum absolute atomic E-state index is 9.29. The van der Waals surface area contributed by atoms with Crippen molar-refractivity contribution >= 4 is 6.29 Å². The fourth-order valence-corrected chi connectivity index (χ4v) is 1.74. The molecule has 1 N–H and O–H groups in total. The van der Waals surface area contributed by atoms with Crippen molar-refractivity contribution in [2.24, 2.45) is 0 Å². The molecule has 0 amide bonds. The molecule has 0 unspecified atom stereocenters. The van der Waals surface area contributed by atoms with Gasteiger partial charge in [-0.25, -0.2) is 5.26 Å². The van der Waals surface area contributed by atoms with Gasteiger partial charge in [-0.15, -0.1) is 0 Å². The fourth-order valence-electron chi connectivity index (χ4n) is 1.74. The largest absolute Gasteiger partial charge is 0.348 e. The van der Waals surface area contributed by atoms with Crippen LogP contribution in [0.25, 0.3) is 0 Å². The van der Waals surface area contributed by atoms with Crippen molar-refractivity contribution in [2.75, 3.05) is 0 Å². The lowest BCUT2D eigenvalue weighted by Gasteiger charge is -2.01. The summed E-state index contributed by atoms with van der Waals surface area (Å²) in [4.78, 5) is 12.7. The molecule has 0 spiro atoms. The monoisotopic (exact) mass is 328 g/mol. The van der Waals surface area contributed by atoms with Crippen LogP contribution in [0.2, 0.25) is 0 Å². The summed E-state index contributed by atoms with van der Waals surface area (Å²) in [6, 6.07) is 21.0. The lowest BCUT2D eigenvalue weighted by Crippen LogP contribution is -1.83. The van der Waals surface area contributed by atoms with E-state index in [0.29, 0.717) is 18.1 Å². The number of hydrogen-bond donors (Lipinski definition) is 1. The minimum absolute atomic E-state index is 0.496. The lowest BCUT2D eigenvalue weighted by molar-refractivity contribution is -0.186. The molecule has 0 heterocycles. The van der Waals surface area contributed by atoms with E-state index in [0.717, 1.165) is 12.3 Å². The van der Waals surface area contributed by atoms with E-state index in [2.05, 4.69) is 81.1 Å². The summed E-state index contributed by atoms with van der Waals surface area (Å²) < 4.78 is 0. The first-order valence-corrected chi connectivity index (χ1v) is 8.03. The Labute approximate surface area is 145 Å². The first-order chi connectivity index (χ1) is 11.5. The normalized spacial score (nSPS) is 9.79. The number of carbonyl (C=O) groups is 1. The molecular formula is C21H28O3. The first-order valence-electron chi connectivity index (χ1n) is 8.03. The van der Waals surface area contributed by atoms with Crippen molar-refractivity contribution in [2.45, 2.75) is 39.5 Å². The molecule has 3 nitrogen and oxygen atoms in total. The molecule has 0 atom stereocenters. The molecule has 130 valence electrons. The average Bonchev–Trinajstić information content (AvgIpc) is 2.62. The van der Waals surface area contributed by atoms with E-state index >= 15 is 0 Å². The molecule has 0 aromatic heterocycles. The molecule has 0 aliphatic rings. The summed E-state index contributed by atoms with van der Waals surface area (Å²) in [5.74, 6) is 1.32. The Morgan fingerprint density at radius 2 is 1.17 bits per heavy atom. The maximum atomic E-state index is 9.29. The second kappa shape index (κ2) is 14.2. The Kier molecular flexibility index (Phi) is 12.8. The topological polar surface area (TPSA) is 46.5 Å². The van der Waals surface area contributed by atoms with Crippen molar-refractivity contribution < 1.29 is 14.9 Å². The van der Waals surface area contributed by atoms with Crippen LogP contribution in [-0.2, 0) is 9.68 Å². The van der Waals surface area contributed by atoms with E-state index in [1.165, 1.54) is 11.1 Å². The predicted molar refractivity (Wildman–Crippen MR) is 100.0 cm³/mol. The van der Waals surface area contributed by atoms with Gasteiger partial charge in [0.05, 0.1) is 0 Å². The van der Waals surface area contributed by atoms with Crippen LogP contribution in [0.4, 0.5) is 0 Å². The van der Waals surface area contributed by atoms with Crippen molar-refractivity contribution in [3.8, 4) is 0 Å². The van der Waals surface area contributed by atoms with Crippen LogP contribution in [0.1, 0.15) is 50.7 Å². The van der Waals surface area contributed by atoms with Gasteiger partial charge in [0.1, 0.15) is 12.5 Å². The van der Waals surface area contributed by atoms with Gasteiger partial charge in [0.25, 0.3) is 0 Å². The van der Waals surface area contributed by atoms with Crippen LogP contribution in [0.15, 0.2) is 73.0 Å². The maximum Gasteiger partial charge on any atom is 0.146 e. The van der Waals surface area contributed by atoms with E-state index in [4.69, 9.17) is 5.26 Å². The van der Waals surface area contributed by atoms with Crippen LogP contribution in [0, 0.1) is 0 Å². The van der Waals surface area contributed by atoms with Crippen LogP contribution >= 0.6 is 0 Å². The van der Waals surface area contributed by atoms with Gasteiger partial charge in [-0.3, -0.25) is 4.79 Å². The van der Waals surface area contributed by atoms with E-state index in [1.54, 1.807) is 0 Å². The van der Waals surface area contributed by atoms with Gasteiger partial charge in [-0.1, -0.05) is 88.4 Å². The Hall–Kier alpha value is -2.39. The highest BCUT2D eigenvalue weighted by Crippen LogP contribution is 2.12. The second-order valence-electron chi connectivity index (χ2n) is 5.70. The Bertz CT molecular complexity index is 502. The third kappa shape index (κ3) is 11.2. The first kappa shape index (κ1) is 21.6. The molecule has 0 radical (unpaired) electrons. The summed E-state index contributed by atoms with van der Waals surface area (Å²) in [6.07, 6.45) is 2.39. The Morgan fingerprint density at radius 1 is 0.792 bits per heavy atom. The number of benzene rings is 2. The number of hydrogen-bond acceptors (Lipinski definition) is 3. The van der Waals surface area contributed by atoms with Gasteiger partial charge >= 0.3 is 0 Å². The Balaban J connectivity index is 0.000000340. The molecule has 2 aromatic carbocycles. The summed E-state index contributed by atoms with van der Waals surface area (Å²) in [7, 11) is 0. The highest BCUT2D eigenvalue weighted by molar-refractivity contribution is 5.63. The van der Waals surface area contributed by atoms with E-state index in [9.17, 15) is 4.79 Å². The van der Waals surface area contributed by atoms with Crippen LogP contribution in [-0.4, -0.2) is 11.5 Å². The van der Waals surface area contributed by atoms with E-state index in [1.807, 2.05) is 12.1 Å². The lowest BCUT2D eigenvalue weighted by atomic mass is 10.0. The Morgan fingerprint density at radius 3 is 1.33 bits per heavy atom. The van der Waals surface area contributed by atoms with Gasteiger partial charge < -0.3 is 4.89 Å². The van der Waals surface area contributed by atoms with Crippen LogP contribution in [0.5, 0.6) is 0 Å². The minimum Gasteiger partial charge on any atom is -0.348 e. The summed E-state index contributed by atoms with van der Waals surface area (Å²) in [6.45, 7) is 8.81. The van der Waals surface area contributed by atoms with Crippen molar-refractivity contribution in [3.05, 3.63) is 84.1 Å². The van der Waals surface area contributed by atoms with E-state index < -0.39 is 0 Å². The molecular weight excluding hydrogens is 300 g/mol. The second-order valence-corrected chi connectivity index (χ2v) is 5.70. The number of carbonyl (C=O) groups excluding carboxylic acids is 1. The smallest absolute Gasteiger partial charge is 0.146 e. The van der Waals surface area contributed by atoms with Crippen molar-refractivity contribution in [1.29, 1.82) is 0 Å². The third-order valence-electron chi connectivity index (χ3n) is 3.15. The fraction of sp³-hybridized carbons (Fsp3) is 0.286. The summed E-state index contributed by atoms with van der Waals surface area (Å²) in [5, 5.41) is 7.45. The third-order valence-corrected chi connectivity index (χ3v) is 3.15. The van der Waals surface area contributed by atoms with Crippen molar-refractivity contribution in [3.63, 3.8) is 0 Å². The van der Waals surface area contributed by atoms with E-state index in [-0.39, 0.29) is 0 Å². The molecule has 3 heteroatoms. The zero-order valence-electron chi connectivity index (χ0n) is 14.9. The number of allylic oxidation sites excluding steroid dienone is 1. The van der Waals surface area contributed by atoms with Gasteiger partial charge in [0.15, 0.2) is 0 Å². The van der Waals surface area contributed by atoms with Crippen molar-refractivity contribution in [1.82, 2.24) is 0 Å². The molecule has 0 aliphatic carbocycles. The molecule has 2 aromatic rings. The zero-order chi connectivity index (χ0) is 18.2. The molecule has 2 rings (SSSR count). The summed E-state index contributed by atoms with van der Waals surface area (Å²) >= 11 is 0. The zero-order valence-corrected chi connectivity index (χ0v) is 14.9. The van der Waals surface area contributed by atoms with Gasteiger partial charge in [0.2, 0.25) is 0 Å². The quantitative estimate of drug-likeness (QED) is 0.253. The molecule has 0 fully saturated rings. The highest BCUT2D eigenvalue weighted by atomic mass is 17.1. The SMILES string of the molecule is CC(C)c1ccccc1.CC(C)c1ccccc1.O=CC=COO. The molecule has 0 saturated carbocycles. The van der Waals surface area contributed by atoms with Crippen LogP contribution in [0.3, 0.4) is 0 Å². The average molecular weight is 328 g/mol.